The minimum atomic E-state index is -0.326. The monoisotopic (exact) mass is 415 g/mol. The third-order valence-electron chi connectivity index (χ3n) is 3.93. The molecule has 0 aliphatic heterocycles. The Hall–Kier alpha value is -2.58. The van der Waals surface area contributed by atoms with Crippen molar-refractivity contribution in [2.45, 2.75) is 33.1 Å². The molecule has 0 bridgehead atoms. The molecule has 0 aliphatic carbocycles. The predicted octanol–water partition coefficient (Wildman–Crippen LogP) is 4.12. The third-order valence-corrected chi connectivity index (χ3v) is 5.68. The van der Waals surface area contributed by atoms with Crippen LogP contribution in [0.15, 0.2) is 35.0 Å². The van der Waals surface area contributed by atoms with Crippen molar-refractivity contribution in [3.63, 3.8) is 0 Å². The maximum atomic E-state index is 12.3. The lowest BCUT2D eigenvalue weighted by atomic mass is 10.1. The molecule has 3 rings (SSSR count). The number of thiazole rings is 2. The molecule has 0 aliphatic rings. The highest BCUT2D eigenvalue weighted by Gasteiger charge is 2.13. The number of carbonyl (C=O) groups is 2. The Kier molecular flexibility index (Phi) is 6.89. The molecule has 0 spiro atoms. The van der Waals surface area contributed by atoms with E-state index in [0.717, 1.165) is 22.7 Å². The van der Waals surface area contributed by atoms with E-state index in [9.17, 15) is 9.59 Å². The number of hydrogen-bond donors (Lipinski definition) is 1. The molecule has 0 radical (unpaired) electrons. The summed E-state index contributed by atoms with van der Waals surface area (Å²) >= 11 is 2.81. The average molecular weight is 416 g/mol. The second-order valence-electron chi connectivity index (χ2n) is 6.05. The average Bonchev–Trinajstić information content (AvgIpc) is 3.31. The number of aromatic nitrogens is 2. The maximum Gasteiger partial charge on any atom is 0.311 e. The number of carbonyl (C=O) groups excluding carboxylic acids is 2. The Balaban J connectivity index is 1.56. The van der Waals surface area contributed by atoms with Crippen LogP contribution >= 0.6 is 22.7 Å². The Labute approximate surface area is 171 Å². The number of ether oxygens (including phenoxy) is 1. The highest BCUT2D eigenvalue weighted by atomic mass is 32.1. The van der Waals surface area contributed by atoms with Crippen LogP contribution in [0.1, 0.15) is 30.8 Å². The van der Waals surface area contributed by atoms with Crippen molar-refractivity contribution in [3.05, 3.63) is 52.0 Å². The zero-order valence-electron chi connectivity index (χ0n) is 15.7. The van der Waals surface area contributed by atoms with Gasteiger partial charge < -0.3 is 10.1 Å². The fraction of sp³-hybridized carbons (Fsp3) is 0.300. The van der Waals surface area contributed by atoms with Crippen molar-refractivity contribution in [1.82, 2.24) is 9.97 Å². The molecule has 28 heavy (non-hydrogen) atoms. The lowest BCUT2D eigenvalue weighted by Crippen LogP contribution is -2.14. The zero-order valence-corrected chi connectivity index (χ0v) is 17.4. The number of amides is 1. The van der Waals surface area contributed by atoms with E-state index in [2.05, 4.69) is 46.5 Å². The van der Waals surface area contributed by atoms with Crippen LogP contribution in [0.5, 0.6) is 0 Å². The summed E-state index contributed by atoms with van der Waals surface area (Å²) in [5, 5.41) is 7.77. The standard InChI is InChI=1S/C20H21N3O3S2/c1-3-13-5-7-14(8-6-13)19-21-15(11-27-19)9-17(24)23-20-22-16(12-28-20)10-18(25)26-4-2/h5-8,11-12H,3-4,9-10H2,1-2H3,(H,22,23,24). The molecule has 1 aromatic carbocycles. The van der Waals surface area contributed by atoms with Gasteiger partial charge in [-0.05, 0) is 18.9 Å². The van der Waals surface area contributed by atoms with E-state index in [1.165, 1.54) is 28.2 Å². The summed E-state index contributed by atoms with van der Waals surface area (Å²) in [4.78, 5) is 32.6. The number of esters is 1. The normalized spacial score (nSPS) is 10.6. The SMILES string of the molecule is CCOC(=O)Cc1csc(NC(=O)Cc2csc(-c3ccc(CC)cc3)n2)n1. The third kappa shape index (κ3) is 5.46. The smallest absolute Gasteiger partial charge is 0.311 e. The van der Waals surface area contributed by atoms with Crippen molar-refractivity contribution in [2.75, 3.05) is 11.9 Å². The molecule has 0 saturated carbocycles. The van der Waals surface area contributed by atoms with E-state index >= 15 is 0 Å². The quantitative estimate of drug-likeness (QED) is 0.560. The second kappa shape index (κ2) is 9.57. The maximum absolute atomic E-state index is 12.3. The molecular formula is C20H21N3O3S2. The molecule has 2 aromatic heterocycles. The summed E-state index contributed by atoms with van der Waals surface area (Å²) in [6.07, 6.45) is 1.28. The summed E-state index contributed by atoms with van der Waals surface area (Å²) in [5.74, 6) is -0.511. The first kappa shape index (κ1) is 20.2. The number of nitrogens with zero attached hydrogens (tertiary/aromatic N) is 2. The molecule has 0 saturated heterocycles. The second-order valence-corrected chi connectivity index (χ2v) is 7.76. The fourth-order valence-electron chi connectivity index (χ4n) is 2.54. The van der Waals surface area contributed by atoms with Crippen LogP contribution in [0.25, 0.3) is 10.6 Å². The van der Waals surface area contributed by atoms with E-state index in [1.807, 2.05) is 5.38 Å². The van der Waals surface area contributed by atoms with Gasteiger partial charge in [0.2, 0.25) is 5.91 Å². The Morgan fingerprint density at radius 2 is 1.71 bits per heavy atom. The first-order valence-corrected chi connectivity index (χ1v) is 10.8. The number of anilines is 1. The van der Waals surface area contributed by atoms with Gasteiger partial charge in [-0.15, -0.1) is 22.7 Å². The number of rotatable bonds is 8. The van der Waals surface area contributed by atoms with Crippen LogP contribution in [-0.2, 0) is 33.6 Å². The summed E-state index contributed by atoms with van der Waals surface area (Å²) in [7, 11) is 0. The van der Waals surface area contributed by atoms with Gasteiger partial charge in [0.15, 0.2) is 5.13 Å². The minimum absolute atomic E-state index is 0.104. The van der Waals surface area contributed by atoms with Gasteiger partial charge in [-0.25, -0.2) is 9.97 Å². The van der Waals surface area contributed by atoms with Crippen molar-refractivity contribution in [3.8, 4) is 10.6 Å². The molecule has 1 N–H and O–H groups in total. The topological polar surface area (TPSA) is 81.2 Å². The zero-order chi connectivity index (χ0) is 19.9. The molecule has 8 heteroatoms. The fourth-order valence-corrected chi connectivity index (χ4v) is 4.09. The molecular weight excluding hydrogens is 394 g/mol. The van der Waals surface area contributed by atoms with Crippen molar-refractivity contribution >= 4 is 39.7 Å². The first-order chi connectivity index (χ1) is 13.6. The van der Waals surface area contributed by atoms with E-state index in [0.29, 0.717) is 17.4 Å². The summed E-state index contributed by atoms with van der Waals surface area (Å²) in [5.41, 5.74) is 3.65. The van der Waals surface area contributed by atoms with E-state index in [4.69, 9.17) is 4.74 Å². The Bertz CT molecular complexity index is 948. The molecule has 0 atom stereocenters. The van der Waals surface area contributed by atoms with Crippen LogP contribution in [0.3, 0.4) is 0 Å². The molecule has 1 amide bonds. The van der Waals surface area contributed by atoms with Gasteiger partial charge in [0.1, 0.15) is 5.01 Å². The van der Waals surface area contributed by atoms with Gasteiger partial charge in [0, 0.05) is 16.3 Å². The summed E-state index contributed by atoms with van der Waals surface area (Å²) in [6, 6.07) is 8.31. The van der Waals surface area contributed by atoms with Gasteiger partial charge in [0.05, 0.1) is 30.8 Å². The largest absolute Gasteiger partial charge is 0.466 e. The molecule has 2 heterocycles. The number of benzene rings is 1. The molecule has 0 unspecified atom stereocenters. The predicted molar refractivity (Wildman–Crippen MR) is 112 cm³/mol. The number of nitrogens with one attached hydrogen (secondary N) is 1. The molecule has 0 fully saturated rings. The van der Waals surface area contributed by atoms with Gasteiger partial charge in [0.25, 0.3) is 0 Å². The van der Waals surface area contributed by atoms with Crippen LogP contribution in [0.4, 0.5) is 5.13 Å². The van der Waals surface area contributed by atoms with E-state index in [-0.39, 0.29) is 24.7 Å². The van der Waals surface area contributed by atoms with Crippen LogP contribution in [0.2, 0.25) is 0 Å². The lowest BCUT2D eigenvalue weighted by Gasteiger charge is -2.00. The van der Waals surface area contributed by atoms with Crippen molar-refractivity contribution in [1.29, 1.82) is 0 Å². The molecule has 3 aromatic rings. The summed E-state index contributed by atoms with van der Waals surface area (Å²) in [6.45, 7) is 4.22. The van der Waals surface area contributed by atoms with Crippen LogP contribution in [0, 0.1) is 0 Å². The van der Waals surface area contributed by atoms with Crippen molar-refractivity contribution in [2.24, 2.45) is 0 Å². The highest BCUT2D eigenvalue weighted by Crippen LogP contribution is 2.24. The van der Waals surface area contributed by atoms with E-state index < -0.39 is 0 Å². The first-order valence-electron chi connectivity index (χ1n) is 9.01. The van der Waals surface area contributed by atoms with Gasteiger partial charge in [-0.1, -0.05) is 31.2 Å². The minimum Gasteiger partial charge on any atom is -0.466 e. The van der Waals surface area contributed by atoms with Crippen LogP contribution in [-0.4, -0.2) is 28.5 Å². The number of hydrogen-bond acceptors (Lipinski definition) is 7. The Morgan fingerprint density at radius 3 is 2.43 bits per heavy atom. The number of aryl methyl sites for hydroxylation is 1. The van der Waals surface area contributed by atoms with Crippen molar-refractivity contribution < 1.29 is 14.3 Å². The molecule has 146 valence electrons. The molecule has 6 nitrogen and oxygen atoms in total. The van der Waals surface area contributed by atoms with Gasteiger partial charge in [-0.2, -0.15) is 0 Å². The lowest BCUT2D eigenvalue weighted by molar-refractivity contribution is -0.142. The Morgan fingerprint density at radius 1 is 1.00 bits per heavy atom. The highest BCUT2D eigenvalue weighted by molar-refractivity contribution is 7.14. The van der Waals surface area contributed by atoms with Crippen LogP contribution < -0.4 is 5.32 Å². The van der Waals surface area contributed by atoms with Gasteiger partial charge >= 0.3 is 5.97 Å². The van der Waals surface area contributed by atoms with Gasteiger partial charge in [-0.3, -0.25) is 9.59 Å². The van der Waals surface area contributed by atoms with E-state index in [1.54, 1.807) is 12.3 Å². The summed E-state index contributed by atoms with van der Waals surface area (Å²) < 4.78 is 4.90.